The van der Waals surface area contributed by atoms with Gasteiger partial charge in [0.05, 0.1) is 5.69 Å². The second-order valence-corrected chi connectivity index (χ2v) is 6.45. The van der Waals surface area contributed by atoms with Crippen molar-refractivity contribution in [1.29, 1.82) is 0 Å². The molecule has 3 rings (SSSR count). The number of ether oxygens (including phenoxy) is 2. The molecule has 1 heterocycles. The Hall–Kier alpha value is -1.31. The summed E-state index contributed by atoms with van der Waals surface area (Å²) in [6.07, 6.45) is 0. The van der Waals surface area contributed by atoms with Crippen LogP contribution >= 0.6 is 44.1 Å². The summed E-state index contributed by atoms with van der Waals surface area (Å²) in [5.41, 5.74) is 1.72. The summed E-state index contributed by atoms with van der Waals surface area (Å²) < 4.78 is 12.5. The van der Waals surface area contributed by atoms with Crippen LogP contribution in [0.5, 0.6) is 11.5 Å². The minimum Gasteiger partial charge on any atom is -0.454 e. The number of thiocarbonyl (C=S) groups is 1. The van der Waals surface area contributed by atoms with Crippen molar-refractivity contribution >= 4 is 60.6 Å². The molecule has 108 valence electrons. The van der Waals surface area contributed by atoms with Crippen LogP contribution in [0.2, 0.25) is 0 Å². The number of nitrogens with one attached hydrogen (secondary N) is 2. The fourth-order valence-corrected chi connectivity index (χ4v) is 3.22. The Labute approximate surface area is 144 Å². The van der Waals surface area contributed by atoms with Crippen molar-refractivity contribution in [2.45, 2.75) is 0 Å². The number of benzene rings is 2. The lowest BCUT2D eigenvalue weighted by Crippen LogP contribution is -2.19. The summed E-state index contributed by atoms with van der Waals surface area (Å²) in [7, 11) is 0. The molecule has 0 unspecified atom stereocenters. The van der Waals surface area contributed by atoms with Crippen LogP contribution in [0.25, 0.3) is 0 Å². The van der Waals surface area contributed by atoms with Gasteiger partial charge in [-0.15, -0.1) is 0 Å². The Kier molecular flexibility index (Phi) is 4.32. The third-order valence-electron chi connectivity index (χ3n) is 2.81. The Morgan fingerprint density at radius 3 is 2.62 bits per heavy atom. The highest BCUT2D eigenvalue weighted by Gasteiger charge is 2.13. The van der Waals surface area contributed by atoms with E-state index in [1.165, 1.54) is 0 Å². The van der Waals surface area contributed by atoms with Gasteiger partial charge in [0.25, 0.3) is 0 Å². The fraction of sp³-hybridized carbons (Fsp3) is 0.0714. The normalized spacial score (nSPS) is 12.1. The van der Waals surface area contributed by atoms with Crippen molar-refractivity contribution in [3.63, 3.8) is 0 Å². The van der Waals surface area contributed by atoms with Crippen molar-refractivity contribution in [2.75, 3.05) is 17.4 Å². The molecule has 4 nitrogen and oxygen atoms in total. The summed E-state index contributed by atoms with van der Waals surface area (Å²) in [6.45, 7) is 0.257. The largest absolute Gasteiger partial charge is 0.454 e. The number of hydrogen-bond acceptors (Lipinski definition) is 3. The molecule has 1 aliphatic rings. The van der Waals surface area contributed by atoms with Gasteiger partial charge in [0.2, 0.25) is 6.79 Å². The van der Waals surface area contributed by atoms with Gasteiger partial charge in [-0.25, -0.2) is 0 Å². The molecule has 0 radical (unpaired) electrons. The SMILES string of the molecule is S=C(Nc1ccc2c(c1)OCO2)Nc1ccc(Br)cc1Br. The van der Waals surface area contributed by atoms with E-state index in [0.29, 0.717) is 10.9 Å². The van der Waals surface area contributed by atoms with E-state index in [-0.39, 0.29) is 6.79 Å². The Morgan fingerprint density at radius 2 is 1.81 bits per heavy atom. The molecule has 0 atom stereocenters. The zero-order valence-corrected chi connectivity index (χ0v) is 14.6. The monoisotopic (exact) mass is 428 g/mol. The van der Waals surface area contributed by atoms with E-state index in [0.717, 1.165) is 26.1 Å². The second kappa shape index (κ2) is 6.21. The smallest absolute Gasteiger partial charge is 0.231 e. The Balaban J connectivity index is 1.69. The first-order valence-corrected chi connectivity index (χ1v) is 8.04. The maximum absolute atomic E-state index is 5.33. The van der Waals surface area contributed by atoms with Crippen molar-refractivity contribution in [1.82, 2.24) is 0 Å². The van der Waals surface area contributed by atoms with Gasteiger partial charge in [-0.1, -0.05) is 15.9 Å². The lowest BCUT2D eigenvalue weighted by atomic mass is 10.3. The third-order valence-corrected chi connectivity index (χ3v) is 4.16. The van der Waals surface area contributed by atoms with Crippen LogP contribution in [0.4, 0.5) is 11.4 Å². The van der Waals surface area contributed by atoms with Crippen LogP contribution in [0.15, 0.2) is 45.3 Å². The molecule has 0 saturated carbocycles. The second-order valence-electron chi connectivity index (χ2n) is 4.27. The molecule has 1 aliphatic heterocycles. The van der Waals surface area contributed by atoms with Gasteiger partial charge >= 0.3 is 0 Å². The number of fused-ring (bicyclic) bond motifs is 1. The molecule has 0 spiro atoms. The molecule has 0 aliphatic carbocycles. The van der Waals surface area contributed by atoms with E-state index in [9.17, 15) is 0 Å². The van der Waals surface area contributed by atoms with Crippen LogP contribution in [0.1, 0.15) is 0 Å². The molecule has 21 heavy (non-hydrogen) atoms. The first-order valence-electron chi connectivity index (χ1n) is 6.04. The van der Waals surface area contributed by atoms with Crippen LogP contribution in [-0.4, -0.2) is 11.9 Å². The molecule has 2 N–H and O–H groups in total. The zero-order chi connectivity index (χ0) is 14.8. The highest BCUT2D eigenvalue weighted by molar-refractivity contribution is 9.11. The number of anilines is 2. The molecule has 0 saturated heterocycles. The van der Waals surface area contributed by atoms with Crippen LogP contribution < -0.4 is 20.1 Å². The van der Waals surface area contributed by atoms with Gasteiger partial charge in [-0.2, -0.15) is 0 Å². The van der Waals surface area contributed by atoms with Crippen molar-refractivity contribution in [3.05, 3.63) is 45.3 Å². The standard InChI is InChI=1S/C14H10Br2N2O2S/c15-8-1-3-11(10(16)5-8)18-14(21)17-9-2-4-12-13(6-9)20-7-19-12/h1-6H,7H2,(H2,17,18,21). The Bertz CT molecular complexity index is 709. The molecular weight excluding hydrogens is 420 g/mol. The average molecular weight is 430 g/mol. The molecule has 0 aromatic heterocycles. The van der Waals surface area contributed by atoms with Crippen molar-refractivity contribution in [2.24, 2.45) is 0 Å². The molecule has 0 fully saturated rings. The molecular formula is C14H10Br2N2O2S. The van der Waals surface area contributed by atoms with Crippen molar-refractivity contribution in [3.8, 4) is 11.5 Å². The Morgan fingerprint density at radius 1 is 1.00 bits per heavy atom. The van der Waals surface area contributed by atoms with E-state index in [2.05, 4.69) is 42.5 Å². The van der Waals surface area contributed by atoms with Crippen LogP contribution in [0, 0.1) is 0 Å². The van der Waals surface area contributed by atoms with Gasteiger partial charge < -0.3 is 20.1 Å². The van der Waals surface area contributed by atoms with Crippen molar-refractivity contribution < 1.29 is 9.47 Å². The maximum Gasteiger partial charge on any atom is 0.231 e. The van der Waals surface area contributed by atoms with Crippen LogP contribution in [-0.2, 0) is 0 Å². The van der Waals surface area contributed by atoms with E-state index < -0.39 is 0 Å². The predicted octanol–water partition coefficient (Wildman–Crippen LogP) is 4.75. The van der Waals surface area contributed by atoms with Gasteiger partial charge in [0.15, 0.2) is 16.6 Å². The third kappa shape index (κ3) is 3.48. The predicted molar refractivity (Wildman–Crippen MR) is 94.3 cm³/mol. The van der Waals surface area contributed by atoms with Gasteiger partial charge in [-0.05, 0) is 58.5 Å². The minimum atomic E-state index is 0.257. The topological polar surface area (TPSA) is 42.5 Å². The maximum atomic E-state index is 5.33. The lowest BCUT2D eigenvalue weighted by molar-refractivity contribution is 0.174. The first kappa shape index (κ1) is 14.6. The molecule has 0 amide bonds. The van der Waals surface area contributed by atoms with E-state index in [4.69, 9.17) is 21.7 Å². The molecule has 2 aromatic rings. The quantitative estimate of drug-likeness (QED) is 0.674. The first-order chi connectivity index (χ1) is 10.1. The summed E-state index contributed by atoms with van der Waals surface area (Å²) >= 11 is 12.2. The summed E-state index contributed by atoms with van der Waals surface area (Å²) in [5.74, 6) is 1.46. The average Bonchev–Trinajstić information content (AvgIpc) is 2.89. The minimum absolute atomic E-state index is 0.257. The lowest BCUT2D eigenvalue weighted by Gasteiger charge is -2.12. The molecule has 0 bridgehead atoms. The fourth-order valence-electron chi connectivity index (χ4n) is 1.85. The summed E-state index contributed by atoms with van der Waals surface area (Å²) in [4.78, 5) is 0. The summed E-state index contributed by atoms with van der Waals surface area (Å²) in [6, 6.07) is 11.4. The van der Waals surface area contributed by atoms with Gasteiger partial charge in [0, 0.05) is 20.7 Å². The highest BCUT2D eigenvalue weighted by atomic mass is 79.9. The summed E-state index contributed by atoms with van der Waals surface area (Å²) in [5, 5.41) is 6.75. The van der Waals surface area contributed by atoms with Gasteiger partial charge in [-0.3, -0.25) is 0 Å². The van der Waals surface area contributed by atoms with E-state index in [1.807, 2.05) is 36.4 Å². The molecule has 2 aromatic carbocycles. The van der Waals surface area contributed by atoms with E-state index in [1.54, 1.807) is 0 Å². The van der Waals surface area contributed by atoms with Crippen LogP contribution in [0.3, 0.4) is 0 Å². The zero-order valence-electron chi connectivity index (χ0n) is 10.7. The highest BCUT2D eigenvalue weighted by Crippen LogP contribution is 2.34. The van der Waals surface area contributed by atoms with E-state index >= 15 is 0 Å². The molecule has 7 heteroatoms. The number of hydrogen-bond donors (Lipinski definition) is 2. The number of rotatable bonds is 2. The van der Waals surface area contributed by atoms with Gasteiger partial charge in [0.1, 0.15) is 0 Å². The number of halogens is 2.